The topological polar surface area (TPSA) is 26.7 Å². The number of hydrogen-bond donors (Lipinski definition) is 1. The standard InChI is InChI=1S/C14H26N2O/c17-14-6-4-12(5-7-14)16-10-9-15-8-2-1-3-13(15)11-16/h12-14,17H,1-11H2. The molecule has 0 aromatic carbocycles. The van der Waals surface area contributed by atoms with Crippen LogP contribution in [0.25, 0.3) is 0 Å². The van der Waals surface area contributed by atoms with Crippen molar-refractivity contribution in [3.63, 3.8) is 0 Å². The molecular weight excluding hydrogens is 212 g/mol. The number of piperidine rings is 1. The Morgan fingerprint density at radius 2 is 1.47 bits per heavy atom. The molecule has 1 unspecified atom stereocenters. The molecule has 3 heteroatoms. The molecule has 2 aliphatic heterocycles. The van der Waals surface area contributed by atoms with Crippen LogP contribution in [0.3, 0.4) is 0 Å². The maximum Gasteiger partial charge on any atom is 0.0541 e. The first-order chi connectivity index (χ1) is 8.33. The first-order valence-electron chi connectivity index (χ1n) is 7.49. The van der Waals surface area contributed by atoms with Crippen LogP contribution in [-0.2, 0) is 0 Å². The van der Waals surface area contributed by atoms with Gasteiger partial charge in [0.1, 0.15) is 0 Å². The smallest absolute Gasteiger partial charge is 0.0541 e. The van der Waals surface area contributed by atoms with Gasteiger partial charge in [-0.25, -0.2) is 0 Å². The SMILES string of the molecule is OC1CCC(N2CCN3CCCCC3C2)CC1. The molecule has 3 fully saturated rings. The summed E-state index contributed by atoms with van der Waals surface area (Å²) in [5, 5.41) is 9.59. The first kappa shape index (κ1) is 11.9. The molecule has 0 amide bonds. The minimum Gasteiger partial charge on any atom is -0.393 e. The Labute approximate surface area is 105 Å². The number of aliphatic hydroxyl groups is 1. The molecule has 0 spiro atoms. The van der Waals surface area contributed by atoms with E-state index in [4.69, 9.17) is 0 Å². The van der Waals surface area contributed by atoms with Crippen molar-refractivity contribution in [3.05, 3.63) is 0 Å². The highest BCUT2D eigenvalue weighted by Gasteiger charge is 2.33. The van der Waals surface area contributed by atoms with Crippen molar-refractivity contribution in [1.82, 2.24) is 9.80 Å². The molecule has 0 bridgehead atoms. The van der Waals surface area contributed by atoms with E-state index >= 15 is 0 Å². The fourth-order valence-corrected chi connectivity index (χ4v) is 3.94. The third-order valence-corrected chi connectivity index (χ3v) is 5.05. The van der Waals surface area contributed by atoms with Crippen LogP contribution in [0, 0.1) is 0 Å². The van der Waals surface area contributed by atoms with E-state index in [2.05, 4.69) is 9.80 Å². The predicted octanol–water partition coefficient (Wildman–Crippen LogP) is 1.46. The lowest BCUT2D eigenvalue weighted by molar-refractivity contribution is 0.00442. The number of rotatable bonds is 1. The van der Waals surface area contributed by atoms with Gasteiger partial charge in [0.2, 0.25) is 0 Å². The van der Waals surface area contributed by atoms with Gasteiger partial charge in [0.05, 0.1) is 6.10 Å². The van der Waals surface area contributed by atoms with Crippen LogP contribution in [0.15, 0.2) is 0 Å². The Balaban J connectivity index is 1.54. The summed E-state index contributed by atoms with van der Waals surface area (Å²) in [5.41, 5.74) is 0. The van der Waals surface area contributed by atoms with E-state index < -0.39 is 0 Å². The Kier molecular flexibility index (Phi) is 3.69. The summed E-state index contributed by atoms with van der Waals surface area (Å²) in [7, 11) is 0. The lowest BCUT2D eigenvalue weighted by atomic mass is 9.90. The molecule has 1 N–H and O–H groups in total. The van der Waals surface area contributed by atoms with Gasteiger partial charge in [-0.15, -0.1) is 0 Å². The molecular formula is C14H26N2O. The third kappa shape index (κ3) is 2.67. The fourth-order valence-electron chi connectivity index (χ4n) is 3.94. The number of aliphatic hydroxyl groups excluding tert-OH is 1. The molecule has 1 aliphatic carbocycles. The van der Waals surface area contributed by atoms with Gasteiger partial charge in [0.25, 0.3) is 0 Å². The zero-order valence-electron chi connectivity index (χ0n) is 10.9. The Morgan fingerprint density at radius 1 is 0.706 bits per heavy atom. The molecule has 98 valence electrons. The van der Waals surface area contributed by atoms with E-state index in [-0.39, 0.29) is 6.10 Å². The van der Waals surface area contributed by atoms with Gasteiger partial charge in [-0.1, -0.05) is 6.42 Å². The molecule has 2 saturated heterocycles. The maximum atomic E-state index is 9.59. The second kappa shape index (κ2) is 5.25. The highest BCUT2D eigenvalue weighted by atomic mass is 16.3. The van der Waals surface area contributed by atoms with Gasteiger partial charge in [-0.2, -0.15) is 0 Å². The van der Waals surface area contributed by atoms with E-state index in [0.717, 1.165) is 24.9 Å². The van der Waals surface area contributed by atoms with Crippen molar-refractivity contribution < 1.29 is 5.11 Å². The minimum absolute atomic E-state index is 0.0118. The van der Waals surface area contributed by atoms with Crippen molar-refractivity contribution in [2.24, 2.45) is 0 Å². The van der Waals surface area contributed by atoms with Gasteiger partial charge in [-0.05, 0) is 45.1 Å². The zero-order valence-corrected chi connectivity index (χ0v) is 10.9. The largest absolute Gasteiger partial charge is 0.393 e. The average Bonchev–Trinajstić information content (AvgIpc) is 2.39. The maximum absolute atomic E-state index is 9.59. The number of piperazine rings is 1. The number of nitrogens with zero attached hydrogens (tertiary/aromatic N) is 2. The fraction of sp³-hybridized carbons (Fsp3) is 1.00. The summed E-state index contributed by atoms with van der Waals surface area (Å²) in [6.07, 6.45) is 8.71. The second-order valence-electron chi connectivity index (χ2n) is 6.14. The second-order valence-corrected chi connectivity index (χ2v) is 6.14. The lowest BCUT2D eigenvalue weighted by Gasteiger charge is -2.47. The molecule has 0 aromatic heterocycles. The van der Waals surface area contributed by atoms with E-state index in [1.165, 1.54) is 58.3 Å². The first-order valence-corrected chi connectivity index (χ1v) is 7.49. The zero-order chi connectivity index (χ0) is 11.7. The molecule has 0 radical (unpaired) electrons. The summed E-state index contributed by atoms with van der Waals surface area (Å²) >= 11 is 0. The molecule has 2 heterocycles. The van der Waals surface area contributed by atoms with E-state index in [1.807, 2.05) is 0 Å². The van der Waals surface area contributed by atoms with Crippen molar-refractivity contribution in [1.29, 1.82) is 0 Å². The highest BCUT2D eigenvalue weighted by molar-refractivity contribution is 4.89. The van der Waals surface area contributed by atoms with Crippen LogP contribution < -0.4 is 0 Å². The van der Waals surface area contributed by atoms with Crippen LogP contribution in [0.1, 0.15) is 44.9 Å². The number of fused-ring (bicyclic) bond motifs is 1. The van der Waals surface area contributed by atoms with Crippen molar-refractivity contribution in [2.75, 3.05) is 26.2 Å². The summed E-state index contributed by atoms with van der Waals surface area (Å²) < 4.78 is 0. The molecule has 17 heavy (non-hydrogen) atoms. The van der Waals surface area contributed by atoms with E-state index in [1.54, 1.807) is 0 Å². The molecule has 3 nitrogen and oxygen atoms in total. The van der Waals surface area contributed by atoms with Crippen LogP contribution in [0.5, 0.6) is 0 Å². The van der Waals surface area contributed by atoms with E-state index in [9.17, 15) is 5.11 Å². The van der Waals surface area contributed by atoms with Crippen LogP contribution in [-0.4, -0.2) is 59.3 Å². The Morgan fingerprint density at radius 3 is 2.29 bits per heavy atom. The molecule has 1 saturated carbocycles. The summed E-state index contributed by atoms with van der Waals surface area (Å²) in [5.74, 6) is 0. The van der Waals surface area contributed by atoms with Crippen molar-refractivity contribution in [3.8, 4) is 0 Å². The predicted molar refractivity (Wildman–Crippen MR) is 69.0 cm³/mol. The molecule has 3 rings (SSSR count). The Hall–Kier alpha value is -0.120. The van der Waals surface area contributed by atoms with Gasteiger partial charge in [-0.3, -0.25) is 9.80 Å². The molecule has 3 aliphatic rings. The van der Waals surface area contributed by atoms with Gasteiger partial charge in [0.15, 0.2) is 0 Å². The summed E-state index contributed by atoms with van der Waals surface area (Å²) in [6.45, 7) is 5.17. The van der Waals surface area contributed by atoms with Crippen molar-refractivity contribution >= 4 is 0 Å². The van der Waals surface area contributed by atoms with Crippen LogP contribution >= 0.6 is 0 Å². The van der Waals surface area contributed by atoms with Gasteiger partial charge >= 0.3 is 0 Å². The normalized spacial score (nSPS) is 41.1. The van der Waals surface area contributed by atoms with Crippen LogP contribution in [0.4, 0.5) is 0 Å². The summed E-state index contributed by atoms with van der Waals surface area (Å²) in [4.78, 5) is 5.43. The van der Waals surface area contributed by atoms with Gasteiger partial charge in [0, 0.05) is 31.7 Å². The quantitative estimate of drug-likeness (QED) is 0.749. The third-order valence-electron chi connectivity index (χ3n) is 5.05. The highest BCUT2D eigenvalue weighted by Crippen LogP contribution is 2.27. The lowest BCUT2D eigenvalue weighted by Crippen LogP contribution is -2.57. The molecule has 1 atom stereocenters. The molecule has 0 aromatic rings. The summed E-state index contributed by atoms with van der Waals surface area (Å²) in [6, 6.07) is 1.60. The Bertz CT molecular complexity index is 251. The number of hydrogen-bond acceptors (Lipinski definition) is 3. The monoisotopic (exact) mass is 238 g/mol. The minimum atomic E-state index is -0.0118. The van der Waals surface area contributed by atoms with Crippen molar-refractivity contribution in [2.45, 2.75) is 63.1 Å². The van der Waals surface area contributed by atoms with Gasteiger partial charge < -0.3 is 5.11 Å². The van der Waals surface area contributed by atoms with Crippen LogP contribution in [0.2, 0.25) is 0 Å². The van der Waals surface area contributed by atoms with E-state index in [0.29, 0.717) is 0 Å². The average molecular weight is 238 g/mol.